The molecular formula is C18H28N4O2. The van der Waals surface area contributed by atoms with Crippen LogP contribution < -0.4 is 5.32 Å². The first-order valence-corrected chi connectivity index (χ1v) is 9.43. The molecule has 1 amide bonds. The van der Waals surface area contributed by atoms with E-state index in [4.69, 9.17) is 4.74 Å². The largest absolute Gasteiger partial charge is 0.376 e. The topological polar surface area (TPSA) is 59.4 Å². The normalized spacial score (nSPS) is 32.5. The number of nitrogens with zero attached hydrogens (tertiary/aromatic N) is 3. The number of likely N-dealkylation sites (tertiary alicyclic amines) is 1. The van der Waals surface area contributed by atoms with E-state index in [1.54, 1.807) is 0 Å². The van der Waals surface area contributed by atoms with Gasteiger partial charge in [-0.1, -0.05) is 6.92 Å². The average molecular weight is 332 g/mol. The van der Waals surface area contributed by atoms with Crippen LogP contribution in [0.2, 0.25) is 0 Å². The second kappa shape index (κ2) is 6.84. The number of nitrogens with one attached hydrogen (secondary N) is 1. The van der Waals surface area contributed by atoms with Gasteiger partial charge in [-0.2, -0.15) is 0 Å². The molecule has 0 unspecified atom stereocenters. The maximum absolute atomic E-state index is 12.5. The zero-order valence-electron chi connectivity index (χ0n) is 14.5. The lowest BCUT2D eigenvalue weighted by molar-refractivity contribution is -0.129. The number of hydrogen-bond donors (Lipinski definition) is 1. The lowest BCUT2D eigenvalue weighted by Gasteiger charge is -2.51. The summed E-state index contributed by atoms with van der Waals surface area (Å²) >= 11 is 0. The van der Waals surface area contributed by atoms with Crippen molar-refractivity contribution in [2.45, 2.75) is 63.8 Å². The molecule has 6 nitrogen and oxygen atoms in total. The molecule has 2 aliphatic heterocycles. The van der Waals surface area contributed by atoms with E-state index in [2.05, 4.69) is 26.7 Å². The van der Waals surface area contributed by atoms with Gasteiger partial charge < -0.3 is 14.6 Å². The molecule has 0 aromatic carbocycles. The van der Waals surface area contributed by atoms with Crippen LogP contribution in [0.3, 0.4) is 0 Å². The van der Waals surface area contributed by atoms with Gasteiger partial charge in [-0.25, -0.2) is 4.98 Å². The van der Waals surface area contributed by atoms with Crippen molar-refractivity contribution < 1.29 is 9.53 Å². The van der Waals surface area contributed by atoms with Crippen molar-refractivity contribution in [3.05, 3.63) is 18.2 Å². The molecule has 3 fully saturated rings. The van der Waals surface area contributed by atoms with Gasteiger partial charge >= 0.3 is 0 Å². The number of carbonyl (C=O) groups excluding carboxylic acids is 1. The summed E-state index contributed by atoms with van der Waals surface area (Å²) in [5.74, 6) is 1.72. The summed E-state index contributed by atoms with van der Waals surface area (Å²) in [7, 11) is 0. The summed E-state index contributed by atoms with van der Waals surface area (Å²) in [6.45, 7) is 5.95. The highest BCUT2D eigenvalue weighted by Gasteiger charge is 2.56. The smallest absolute Gasteiger partial charge is 0.222 e. The summed E-state index contributed by atoms with van der Waals surface area (Å²) in [5, 5.41) is 3.32. The van der Waals surface area contributed by atoms with Crippen molar-refractivity contribution in [2.24, 2.45) is 5.92 Å². The third-order valence-electron chi connectivity index (χ3n) is 5.94. The summed E-state index contributed by atoms with van der Waals surface area (Å²) < 4.78 is 8.02. The highest BCUT2D eigenvalue weighted by Crippen LogP contribution is 2.42. The monoisotopic (exact) mass is 332 g/mol. The van der Waals surface area contributed by atoms with E-state index in [0.29, 0.717) is 31.0 Å². The first kappa shape index (κ1) is 16.1. The van der Waals surface area contributed by atoms with Crippen LogP contribution in [0, 0.1) is 5.92 Å². The molecule has 1 aromatic rings. The molecule has 1 aromatic heterocycles. The first-order chi connectivity index (χ1) is 11.8. The molecule has 0 bridgehead atoms. The van der Waals surface area contributed by atoms with Crippen molar-refractivity contribution in [3.8, 4) is 0 Å². The Morgan fingerprint density at radius 2 is 2.25 bits per heavy atom. The molecule has 24 heavy (non-hydrogen) atoms. The molecule has 4 atom stereocenters. The summed E-state index contributed by atoms with van der Waals surface area (Å²) in [6, 6.07) is 0.667. The average Bonchev–Trinajstić information content (AvgIpc) is 3.32. The summed E-state index contributed by atoms with van der Waals surface area (Å²) in [6.07, 6.45) is 9.16. The van der Waals surface area contributed by atoms with Crippen LogP contribution in [0.15, 0.2) is 12.4 Å². The zero-order chi connectivity index (χ0) is 16.5. The standard InChI is InChI=1S/C18H28N4O2/c1-2-14-19-7-11-21(14)10-5-15(23)20-16-13-6-12-24-18(13)17(16)22-8-3-4-9-22/h7,11,13,16-18H,2-6,8-10,12H2,1H3,(H,20,23)/t13-,16+,17-,18-/m1/s1. The van der Waals surface area contributed by atoms with Crippen molar-refractivity contribution in [3.63, 3.8) is 0 Å². The molecule has 0 radical (unpaired) electrons. The van der Waals surface area contributed by atoms with Gasteiger partial charge in [0.25, 0.3) is 0 Å². The van der Waals surface area contributed by atoms with Crippen molar-refractivity contribution >= 4 is 5.91 Å². The van der Waals surface area contributed by atoms with Crippen molar-refractivity contribution in [1.29, 1.82) is 0 Å². The van der Waals surface area contributed by atoms with Crippen LogP contribution in [-0.2, 0) is 22.5 Å². The Morgan fingerprint density at radius 1 is 1.42 bits per heavy atom. The Kier molecular flexibility index (Phi) is 4.59. The minimum atomic E-state index is 0.158. The van der Waals surface area contributed by atoms with Crippen molar-refractivity contribution in [1.82, 2.24) is 19.8 Å². The van der Waals surface area contributed by atoms with E-state index in [1.165, 1.54) is 12.8 Å². The molecular weight excluding hydrogens is 304 g/mol. The third-order valence-corrected chi connectivity index (χ3v) is 5.94. The molecule has 2 saturated heterocycles. The predicted octanol–water partition coefficient (Wildman–Crippen LogP) is 1.20. The highest BCUT2D eigenvalue weighted by molar-refractivity contribution is 5.76. The molecule has 1 saturated carbocycles. The van der Waals surface area contributed by atoms with E-state index in [9.17, 15) is 4.79 Å². The van der Waals surface area contributed by atoms with E-state index in [-0.39, 0.29) is 11.9 Å². The fourth-order valence-corrected chi connectivity index (χ4v) is 4.68. The van der Waals surface area contributed by atoms with E-state index in [0.717, 1.165) is 38.4 Å². The minimum Gasteiger partial charge on any atom is -0.376 e. The second-order valence-electron chi connectivity index (χ2n) is 7.26. The number of fused-ring (bicyclic) bond motifs is 1. The predicted molar refractivity (Wildman–Crippen MR) is 90.6 cm³/mol. The Morgan fingerprint density at radius 3 is 3.04 bits per heavy atom. The Labute approximate surface area is 143 Å². The summed E-state index contributed by atoms with van der Waals surface area (Å²) in [5.41, 5.74) is 0. The van der Waals surface area contributed by atoms with E-state index < -0.39 is 0 Å². The Hall–Kier alpha value is -1.40. The molecule has 3 aliphatic rings. The number of aromatic nitrogens is 2. The number of carbonyl (C=O) groups is 1. The highest BCUT2D eigenvalue weighted by atomic mass is 16.5. The third kappa shape index (κ3) is 2.86. The number of ether oxygens (including phenoxy) is 1. The number of imidazole rings is 1. The summed E-state index contributed by atoms with van der Waals surface area (Å²) in [4.78, 5) is 19.3. The van der Waals surface area contributed by atoms with Gasteiger partial charge in [-0.3, -0.25) is 9.69 Å². The van der Waals surface area contributed by atoms with Gasteiger partial charge in [-0.05, 0) is 32.4 Å². The molecule has 0 spiro atoms. The maximum Gasteiger partial charge on any atom is 0.222 e. The molecule has 132 valence electrons. The lowest BCUT2D eigenvalue weighted by atomic mass is 9.70. The van der Waals surface area contributed by atoms with Crippen LogP contribution >= 0.6 is 0 Å². The molecule has 1 N–H and O–H groups in total. The van der Waals surface area contributed by atoms with Crippen LogP contribution in [0.1, 0.15) is 38.4 Å². The maximum atomic E-state index is 12.5. The molecule has 1 aliphatic carbocycles. The number of amides is 1. The SMILES string of the molecule is CCc1nccn1CCC(=O)N[C@H]1[C@H]2CCO[C@H]2[C@@H]1N1CCCC1. The van der Waals surface area contributed by atoms with Crippen molar-refractivity contribution in [2.75, 3.05) is 19.7 Å². The zero-order valence-corrected chi connectivity index (χ0v) is 14.5. The fraction of sp³-hybridized carbons (Fsp3) is 0.778. The molecule has 3 heterocycles. The fourth-order valence-electron chi connectivity index (χ4n) is 4.68. The quantitative estimate of drug-likeness (QED) is 0.850. The van der Waals surface area contributed by atoms with Gasteiger partial charge in [0.05, 0.1) is 18.2 Å². The first-order valence-electron chi connectivity index (χ1n) is 9.43. The van der Waals surface area contributed by atoms with E-state index >= 15 is 0 Å². The molecule has 4 rings (SSSR count). The van der Waals surface area contributed by atoms with Crippen LogP contribution in [0.25, 0.3) is 0 Å². The lowest BCUT2D eigenvalue weighted by Crippen LogP contribution is -2.70. The minimum absolute atomic E-state index is 0.158. The molecule has 6 heteroatoms. The van der Waals surface area contributed by atoms with Crippen LogP contribution in [0.4, 0.5) is 0 Å². The second-order valence-corrected chi connectivity index (χ2v) is 7.26. The van der Waals surface area contributed by atoms with Gasteiger partial charge in [0, 0.05) is 44.3 Å². The number of hydrogen-bond acceptors (Lipinski definition) is 4. The number of aryl methyl sites for hydroxylation is 2. The van der Waals surface area contributed by atoms with Crippen LogP contribution in [-0.4, -0.2) is 58.2 Å². The van der Waals surface area contributed by atoms with Gasteiger partial charge in [0.2, 0.25) is 5.91 Å². The van der Waals surface area contributed by atoms with E-state index in [1.807, 2.05) is 12.4 Å². The van der Waals surface area contributed by atoms with Gasteiger partial charge in [0.15, 0.2) is 0 Å². The van der Waals surface area contributed by atoms with Crippen LogP contribution in [0.5, 0.6) is 0 Å². The van der Waals surface area contributed by atoms with Gasteiger partial charge in [-0.15, -0.1) is 0 Å². The number of rotatable bonds is 6. The Bertz CT molecular complexity index is 577. The van der Waals surface area contributed by atoms with Gasteiger partial charge in [0.1, 0.15) is 5.82 Å². The Balaban J connectivity index is 1.34.